The van der Waals surface area contributed by atoms with Crippen LogP contribution in [0.15, 0.2) is 36.7 Å². The third kappa shape index (κ3) is 4.00. The summed E-state index contributed by atoms with van der Waals surface area (Å²) in [5.74, 6) is -0.627. The van der Waals surface area contributed by atoms with E-state index in [1.54, 1.807) is 18.3 Å². The number of nitrogens with zero attached hydrogens (tertiary/aromatic N) is 3. The van der Waals surface area contributed by atoms with Crippen LogP contribution in [0.3, 0.4) is 0 Å². The lowest BCUT2D eigenvalue weighted by molar-refractivity contribution is 0.0595. The predicted molar refractivity (Wildman–Crippen MR) is 88.2 cm³/mol. The maximum Gasteiger partial charge on any atom is 0.340 e. The molecule has 0 spiro atoms. The Kier molecular flexibility index (Phi) is 5.25. The van der Waals surface area contributed by atoms with Gasteiger partial charge in [0.25, 0.3) is 0 Å². The molecule has 24 heavy (non-hydrogen) atoms. The molecule has 6 heteroatoms. The largest absolute Gasteiger partial charge is 0.465 e. The van der Waals surface area contributed by atoms with Gasteiger partial charge in [-0.3, -0.25) is 4.68 Å². The van der Waals surface area contributed by atoms with Gasteiger partial charge in [0.2, 0.25) is 0 Å². The fraction of sp³-hybridized carbons (Fsp3) is 0.444. The van der Waals surface area contributed by atoms with E-state index >= 15 is 0 Å². The van der Waals surface area contributed by atoms with Gasteiger partial charge in [0.15, 0.2) is 0 Å². The van der Waals surface area contributed by atoms with Gasteiger partial charge in [0.1, 0.15) is 5.82 Å². The molecule has 1 aliphatic heterocycles. The molecule has 1 saturated heterocycles. The number of carbonyl (C=O) groups excluding carboxylic acids is 1. The number of esters is 1. The Morgan fingerprint density at radius 3 is 3.04 bits per heavy atom. The van der Waals surface area contributed by atoms with Crippen LogP contribution in [0, 0.1) is 11.7 Å². The molecular weight excluding hydrogens is 309 g/mol. The molecule has 5 nitrogen and oxygen atoms in total. The Morgan fingerprint density at radius 2 is 2.29 bits per heavy atom. The van der Waals surface area contributed by atoms with Gasteiger partial charge in [-0.15, -0.1) is 0 Å². The van der Waals surface area contributed by atoms with Gasteiger partial charge in [-0.05, 0) is 49.1 Å². The third-order valence-electron chi connectivity index (χ3n) is 4.53. The summed E-state index contributed by atoms with van der Waals surface area (Å²) < 4.78 is 20.3. The molecule has 1 aromatic carbocycles. The van der Waals surface area contributed by atoms with Crippen LogP contribution in [0.25, 0.3) is 0 Å². The van der Waals surface area contributed by atoms with Crippen LogP contribution in [0.5, 0.6) is 0 Å². The van der Waals surface area contributed by atoms with Crippen LogP contribution in [0.1, 0.15) is 22.3 Å². The Balaban J connectivity index is 1.54. The standard InChI is InChI=1S/C18H22FN3O2/c1-24-18(23)16-12-14(3-4-17(16)19)11-15-5-8-21(13-15)9-10-22-7-2-6-20-22/h2-4,6-7,12,15H,5,8-11,13H2,1H3. The van der Waals surface area contributed by atoms with E-state index in [0.717, 1.165) is 44.6 Å². The maximum absolute atomic E-state index is 13.7. The predicted octanol–water partition coefficient (Wildman–Crippen LogP) is 2.37. The van der Waals surface area contributed by atoms with Crippen LogP contribution >= 0.6 is 0 Å². The molecule has 0 saturated carbocycles. The second-order valence-corrected chi connectivity index (χ2v) is 6.23. The highest BCUT2D eigenvalue weighted by Gasteiger charge is 2.23. The van der Waals surface area contributed by atoms with E-state index in [9.17, 15) is 9.18 Å². The molecule has 0 bridgehead atoms. The minimum atomic E-state index is -0.623. The molecule has 1 aliphatic rings. The molecule has 1 fully saturated rings. The minimum absolute atomic E-state index is 0.0172. The second-order valence-electron chi connectivity index (χ2n) is 6.23. The smallest absolute Gasteiger partial charge is 0.340 e. The van der Waals surface area contributed by atoms with Gasteiger partial charge in [0.05, 0.1) is 19.2 Å². The SMILES string of the molecule is COC(=O)c1cc(CC2CCN(CCn3cccn3)C2)ccc1F. The highest BCUT2D eigenvalue weighted by molar-refractivity contribution is 5.89. The molecule has 0 radical (unpaired) electrons. The van der Waals surface area contributed by atoms with E-state index < -0.39 is 11.8 Å². The maximum atomic E-state index is 13.7. The van der Waals surface area contributed by atoms with Crippen molar-refractivity contribution in [2.24, 2.45) is 5.92 Å². The molecular formula is C18H22FN3O2. The number of hydrogen-bond acceptors (Lipinski definition) is 4. The first kappa shape index (κ1) is 16.6. The number of likely N-dealkylation sites (tertiary alicyclic amines) is 1. The number of halogens is 1. The van der Waals surface area contributed by atoms with Crippen LogP contribution in [0.2, 0.25) is 0 Å². The zero-order valence-corrected chi connectivity index (χ0v) is 13.8. The molecule has 2 aromatic rings. The summed E-state index contributed by atoms with van der Waals surface area (Å²) in [4.78, 5) is 14.0. The number of methoxy groups -OCH3 is 1. The summed E-state index contributed by atoms with van der Waals surface area (Å²) >= 11 is 0. The lowest BCUT2D eigenvalue weighted by Crippen LogP contribution is -2.25. The summed E-state index contributed by atoms with van der Waals surface area (Å²) in [6.45, 7) is 3.96. The Bertz CT molecular complexity index is 688. The molecule has 1 unspecified atom stereocenters. The first-order chi connectivity index (χ1) is 11.7. The Hall–Kier alpha value is -2.21. The average molecular weight is 331 g/mol. The van der Waals surface area contributed by atoms with Crippen molar-refractivity contribution in [3.05, 3.63) is 53.6 Å². The Morgan fingerprint density at radius 1 is 1.42 bits per heavy atom. The van der Waals surface area contributed by atoms with E-state index in [0.29, 0.717) is 5.92 Å². The highest BCUT2D eigenvalue weighted by atomic mass is 19.1. The summed E-state index contributed by atoms with van der Waals surface area (Å²) in [6.07, 6.45) is 5.73. The monoisotopic (exact) mass is 331 g/mol. The van der Waals surface area contributed by atoms with Crippen LogP contribution in [-0.4, -0.2) is 47.4 Å². The van der Waals surface area contributed by atoms with Crippen molar-refractivity contribution >= 4 is 5.97 Å². The normalized spacial score (nSPS) is 18.0. The molecule has 3 rings (SSSR count). The number of aromatic nitrogens is 2. The van der Waals surface area contributed by atoms with Crippen molar-refractivity contribution in [2.45, 2.75) is 19.4 Å². The first-order valence-electron chi connectivity index (χ1n) is 8.22. The Labute approximate surface area is 141 Å². The molecule has 0 amide bonds. The van der Waals surface area contributed by atoms with Crippen LogP contribution in [-0.2, 0) is 17.7 Å². The third-order valence-corrected chi connectivity index (χ3v) is 4.53. The molecule has 0 N–H and O–H groups in total. The fourth-order valence-electron chi connectivity index (χ4n) is 3.26. The summed E-state index contributed by atoms with van der Waals surface area (Å²) in [6, 6.07) is 6.66. The van der Waals surface area contributed by atoms with Gasteiger partial charge in [-0.2, -0.15) is 5.10 Å². The molecule has 1 aromatic heterocycles. The van der Waals surface area contributed by atoms with Crippen molar-refractivity contribution < 1.29 is 13.9 Å². The summed E-state index contributed by atoms with van der Waals surface area (Å²) in [5.41, 5.74) is 0.999. The zero-order valence-electron chi connectivity index (χ0n) is 13.8. The van der Waals surface area contributed by atoms with Crippen molar-refractivity contribution in [3.8, 4) is 0 Å². The van der Waals surface area contributed by atoms with Gasteiger partial charge in [-0.25, -0.2) is 9.18 Å². The van der Waals surface area contributed by atoms with Gasteiger partial charge in [0, 0.05) is 25.5 Å². The van der Waals surface area contributed by atoms with Gasteiger partial charge in [-0.1, -0.05) is 6.07 Å². The average Bonchev–Trinajstić information content (AvgIpc) is 3.25. The first-order valence-corrected chi connectivity index (χ1v) is 8.22. The number of hydrogen-bond donors (Lipinski definition) is 0. The second kappa shape index (κ2) is 7.57. The van der Waals surface area contributed by atoms with Crippen LogP contribution < -0.4 is 0 Å². The van der Waals surface area contributed by atoms with Crippen LogP contribution in [0.4, 0.5) is 4.39 Å². The van der Waals surface area contributed by atoms with E-state index in [1.165, 1.54) is 13.2 Å². The number of ether oxygens (including phenoxy) is 1. The van der Waals surface area contributed by atoms with Crippen molar-refractivity contribution in [1.82, 2.24) is 14.7 Å². The zero-order chi connectivity index (χ0) is 16.9. The quantitative estimate of drug-likeness (QED) is 0.763. The van der Waals surface area contributed by atoms with Crippen molar-refractivity contribution in [2.75, 3.05) is 26.7 Å². The van der Waals surface area contributed by atoms with Gasteiger partial charge < -0.3 is 9.64 Å². The topological polar surface area (TPSA) is 47.4 Å². The van der Waals surface area contributed by atoms with Crippen molar-refractivity contribution in [1.29, 1.82) is 0 Å². The van der Waals surface area contributed by atoms with E-state index in [4.69, 9.17) is 0 Å². The molecule has 128 valence electrons. The number of rotatable bonds is 6. The lowest BCUT2D eigenvalue weighted by Gasteiger charge is -2.16. The number of carbonyl (C=O) groups is 1. The summed E-state index contributed by atoms with van der Waals surface area (Å²) in [7, 11) is 1.27. The van der Waals surface area contributed by atoms with E-state index in [-0.39, 0.29) is 5.56 Å². The highest BCUT2D eigenvalue weighted by Crippen LogP contribution is 2.22. The number of benzene rings is 1. The molecule has 1 atom stereocenters. The summed E-state index contributed by atoms with van der Waals surface area (Å²) in [5, 5.41) is 4.22. The lowest BCUT2D eigenvalue weighted by atomic mass is 9.97. The fourth-order valence-corrected chi connectivity index (χ4v) is 3.26. The molecule has 2 heterocycles. The van der Waals surface area contributed by atoms with Gasteiger partial charge >= 0.3 is 5.97 Å². The van der Waals surface area contributed by atoms with Crippen molar-refractivity contribution in [3.63, 3.8) is 0 Å². The van der Waals surface area contributed by atoms with E-state index in [1.807, 2.05) is 16.9 Å². The molecule has 0 aliphatic carbocycles. The minimum Gasteiger partial charge on any atom is -0.465 e. The van der Waals surface area contributed by atoms with E-state index in [2.05, 4.69) is 14.7 Å².